The molecule has 0 saturated heterocycles. The lowest BCUT2D eigenvalue weighted by Crippen LogP contribution is -2.37. The number of amidine groups is 1. The molecule has 136 valence electrons. The van der Waals surface area contributed by atoms with Gasteiger partial charge in [0.05, 0.1) is 11.4 Å². The van der Waals surface area contributed by atoms with Gasteiger partial charge in [-0.15, -0.1) is 10.2 Å². The van der Waals surface area contributed by atoms with Crippen molar-refractivity contribution in [3.8, 4) is 0 Å². The van der Waals surface area contributed by atoms with E-state index < -0.39 is 0 Å². The van der Waals surface area contributed by atoms with Crippen LogP contribution in [0.25, 0.3) is 5.70 Å². The summed E-state index contributed by atoms with van der Waals surface area (Å²) in [6.07, 6.45) is 0. The highest BCUT2D eigenvalue weighted by Gasteiger charge is 2.38. The summed E-state index contributed by atoms with van der Waals surface area (Å²) in [6, 6.07) is 29.6. The number of fused-ring (bicyclic) bond motifs is 1. The molecule has 4 heteroatoms. The number of benzene rings is 3. The van der Waals surface area contributed by atoms with Gasteiger partial charge >= 0.3 is 0 Å². The summed E-state index contributed by atoms with van der Waals surface area (Å²) in [6.45, 7) is 2.11. The number of hydrogen-bond acceptors (Lipinski definition) is 4. The van der Waals surface area contributed by atoms with Crippen molar-refractivity contribution in [2.45, 2.75) is 13.0 Å². The maximum Gasteiger partial charge on any atom is 0.195 e. The maximum absolute atomic E-state index is 4.65. The van der Waals surface area contributed by atoms with Gasteiger partial charge < -0.3 is 4.90 Å². The highest BCUT2D eigenvalue weighted by atomic mass is 32.2. The molecule has 0 radical (unpaired) electrons. The van der Waals surface area contributed by atoms with Crippen molar-refractivity contribution in [1.82, 2.24) is 4.90 Å². The summed E-state index contributed by atoms with van der Waals surface area (Å²) < 4.78 is 0. The van der Waals surface area contributed by atoms with Gasteiger partial charge in [0.1, 0.15) is 6.04 Å². The molecular formula is C24H19N3S. The van der Waals surface area contributed by atoms with Crippen LogP contribution in [0.5, 0.6) is 0 Å². The smallest absolute Gasteiger partial charge is 0.195 e. The van der Waals surface area contributed by atoms with Crippen LogP contribution >= 0.6 is 11.8 Å². The monoisotopic (exact) mass is 381 g/mol. The van der Waals surface area contributed by atoms with Crippen LogP contribution < -0.4 is 0 Å². The van der Waals surface area contributed by atoms with Crippen LogP contribution in [0.1, 0.15) is 28.3 Å². The Bertz CT molecular complexity index is 1080. The quantitative estimate of drug-likeness (QED) is 0.568. The van der Waals surface area contributed by atoms with E-state index in [1.807, 2.05) is 6.07 Å². The molecule has 1 unspecified atom stereocenters. The van der Waals surface area contributed by atoms with Crippen LogP contribution in [0.15, 0.2) is 101 Å². The van der Waals surface area contributed by atoms with E-state index in [4.69, 9.17) is 0 Å². The molecule has 5 rings (SSSR count). The fraction of sp³-hybridized carbons (Fsp3) is 0.0833. The Labute approximate surface area is 169 Å². The second-order valence-corrected chi connectivity index (χ2v) is 7.74. The van der Waals surface area contributed by atoms with E-state index in [-0.39, 0.29) is 6.04 Å². The minimum Gasteiger partial charge on any atom is -0.305 e. The summed E-state index contributed by atoms with van der Waals surface area (Å²) in [5.41, 5.74) is 6.89. The zero-order valence-corrected chi connectivity index (χ0v) is 16.3. The summed E-state index contributed by atoms with van der Waals surface area (Å²) in [7, 11) is 0. The minimum atomic E-state index is -0.0151. The standard InChI is InChI=1S/C24H19N3S/c1-17-12-14-18(15-13-17)21-16-28-24-26-25-22(19-8-4-2-5-9-19)23(27(21)24)20-10-6-3-7-11-20/h2-16,23H,1H3. The topological polar surface area (TPSA) is 28.0 Å². The largest absolute Gasteiger partial charge is 0.305 e. The predicted octanol–water partition coefficient (Wildman–Crippen LogP) is 5.86. The van der Waals surface area contributed by atoms with Gasteiger partial charge in [0, 0.05) is 11.0 Å². The molecule has 0 spiro atoms. The van der Waals surface area contributed by atoms with Gasteiger partial charge in [0.2, 0.25) is 0 Å². The first-order chi connectivity index (χ1) is 13.8. The molecule has 3 aromatic rings. The molecule has 1 atom stereocenters. The Hall–Kier alpha value is -3.11. The molecular weight excluding hydrogens is 362 g/mol. The van der Waals surface area contributed by atoms with Crippen LogP contribution in [-0.4, -0.2) is 15.8 Å². The first-order valence-electron chi connectivity index (χ1n) is 9.30. The Morgan fingerprint density at radius 3 is 2.14 bits per heavy atom. The van der Waals surface area contributed by atoms with Gasteiger partial charge in [0.15, 0.2) is 5.17 Å². The van der Waals surface area contributed by atoms with Crippen molar-refractivity contribution in [2.75, 3.05) is 0 Å². The minimum absolute atomic E-state index is 0.0151. The van der Waals surface area contributed by atoms with Gasteiger partial charge in [-0.2, -0.15) is 0 Å². The van der Waals surface area contributed by atoms with Crippen molar-refractivity contribution in [1.29, 1.82) is 0 Å². The molecule has 28 heavy (non-hydrogen) atoms. The summed E-state index contributed by atoms with van der Waals surface area (Å²) in [5, 5.41) is 12.3. The number of rotatable bonds is 3. The first-order valence-corrected chi connectivity index (χ1v) is 10.2. The second-order valence-electron chi connectivity index (χ2n) is 6.90. The van der Waals surface area contributed by atoms with Crippen molar-refractivity contribution in [2.24, 2.45) is 10.2 Å². The third kappa shape index (κ3) is 2.96. The average molecular weight is 382 g/mol. The highest BCUT2D eigenvalue weighted by molar-refractivity contribution is 8.16. The fourth-order valence-corrected chi connectivity index (χ4v) is 4.49. The van der Waals surface area contributed by atoms with Crippen LogP contribution in [0.2, 0.25) is 0 Å². The second kappa shape index (κ2) is 7.13. The van der Waals surface area contributed by atoms with Gasteiger partial charge in [-0.1, -0.05) is 102 Å². The van der Waals surface area contributed by atoms with E-state index in [2.05, 4.69) is 106 Å². The fourth-order valence-electron chi connectivity index (χ4n) is 3.62. The Morgan fingerprint density at radius 1 is 0.750 bits per heavy atom. The molecule has 0 amide bonds. The van der Waals surface area contributed by atoms with E-state index in [1.165, 1.54) is 22.4 Å². The van der Waals surface area contributed by atoms with Crippen molar-refractivity contribution in [3.05, 3.63) is 113 Å². The summed E-state index contributed by atoms with van der Waals surface area (Å²) >= 11 is 1.64. The van der Waals surface area contributed by atoms with E-state index in [1.54, 1.807) is 11.8 Å². The van der Waals surface area contributed by atoms with Gasteiger partial charge in [0.25, 0.3) is 0 Å². The van der Waals surface area contributed by atoms with Gasteiger partial charge in [-0.3, -0.25) is 0 Å². The maximum atomic E-state index is 4.65. The zero-order valence-electron chi connectivity index (χ0n) is 15.5. The molecule has 2 aliphatic rings. The highest BCUT2D eigenvalue weighted by Crippen LogP contribution is 2.43. The summed E-state index contributed by atoms with van der Waals surface area (Å²) in [4.78, 5) is 2.32. The molecule has 2 heterocycles. The Morgan fingerprint density at radius 2 is 1.43 bits per heavy atom. The van der Waals surface area contributed by atoms with Crippen LogP contribution in [0.4, 0.5) is 0 Å². The average Bonchev–Trinajstić information content (AvgIpc) is 3.19. The van der Waals surface area contributed by atoms with E-state index in [0.29, 0.717) is 0 Å². The lowest BCUT2D eigenvalue weighted by Gasteiger charge is -2.35. The molecule has 0 aliphatic carbocycles. The molecule has 3 nitrogen and oxygen atoms in total. The molecule has 0 bridgehead atoms. The van der Waals surface area contributed by atoms with Crippen molar-refractivity contribution >= 4 is 28.3 Å². The first kappa shape index (κ1) is 17.0. The van der Waals surface area contributed by atoms with E-state index >= 15 is 0 Å². The van der Waals surface area contributed by atoms with Crippen LogP contribution in [0, 0.1) is 6.92 Å². The third-order valence-electron chi connectivity index (χ3n) is 5.03. The zero-order chi connectivity index (χ0) is 18.9. The van der Waals surface area contributed by atoms with Gasteiger partial charge in [-0.25, -0.2) is 0 Å². The number of thioether (sulfide) groups is 1. The number of aryl methyl sites for hydroxylation is 1. The normalized spacial score (nSPS) is 18.2. The molecule has 0 saturated carbocycles. The van der Waals surface area contributed by atoms with Crippen molar-refractivity contribution in [3.63, 3.8) is 0 Å². The van der Waals surface area contributed by atoms with E-state index in [0.717, 1.165) is 16.4 Å². The predicted molar refractivity (Wildman–Crippen MR) is 118 cm³/mol. The molecule has 3 aromatic carbocycles. The molecule has 2 aliphatic heterocycles. The van der Waals surface area contributed by atoms with Crippen molar-refractivity contribution < 1.29 is 0 Å². The lowest BCUT2D eigenvalue weighted by molar-refractivity contribution is 0.532. The lowest BCUT2D eigenvalue weighted by atomic mass is 9.94. The van der Waals surface area contributed by atoms with Crippen LogP contribution in [0.3, 0.4) is 0 Å². The van der Waals surface area contributed by atoms with E-state index in [9.17, 15) is 0 Å². The Kier molecular flexibility index (Phi) is 4.34. The molecule has 0 N–H and O–H groups in total. The SMILES string of the molecule is Cc1ccc(C2=CSC3=NN=C(c4ccccc4)C(c4ccccc4)N23)cc1. The number of nitrogens with zero attached hydrogens (tertiary/aromatic N) is 3. The molecule has 0 aromatic heterocycles. The summed E-state index contributed by atoms with van der Waals surface area (Å²) in [5.74, 6) is 0. The third-order valence-corrected chi connectivity index (χ3v) is 5.86. The van der Waals surface area contributed by atoms with Crippen LogP contribution in [-0.2, 0) is 0 Å². The Balaban J connectivity index is 1.65. The molecule has 0 fully saturated rings. The number of hydrogen-bond donors (Lipinski definition) is 0. The van der Waals surface area contributed by atoms with Gasteiger partial charge in [-0.05, 0) is 18.1 Å².